The molecule has 106 valence electrons. The summed E-state index contributed by atoms with van der Waals surface area (Å²) in [5, 5.41) is 4.44. The minimum Gasteiger partial charge on any atom is -0.496 e. The summed E-state index contributed by atoms with van der Waals surface area (Å²) < 4.78 is 7.06. The van der Waals surface area contributed by atoms with Crippen LogP contribution in [-0.4, -0.2) is 26.9 Å². The average Bonchev–Trinajstić information content (AvgIpc) is 2.90. The molecule has 0 atom stereocenters. The maximum Gasteiger partial charge on any atom is 0.165 e. The van der Waals surface area contributed by atoms with Crippen LogP contribution < -0.4 is 4.74 Å². The number of aryl methyl sites for hydroxylation is 2. The molecule has 0 saturated carbocycles. The standard InChI is InChI=1S/C16H16N4O/c1-11-10-13(7-8-14(11)21-3)16-18-12(2)19-20(16)15-6-4-5-9-17-15/h4-10H,1-3H3. The second-order valence-corrected chi connectivity index (χ2v) is 4.77. The zero-order valence-corrected chi connectivity index (χ0v) is 12.2. The van der Waals surface area contributed by atoms with Gasteiger partial charge >= 0.3 is 0 Å². The highest BCUT2D eigenvalue weighted by Crippen LogP contribution is 2.26. The zero-order chi connectivity index (χ0) is 14.8. The monoisotopic (exact) mass is 280 g/mol. The molecular formula is C16H16N4O. The number of nitrogens with zero attached hydrogens (tertiary/aromatic N) is 4. The fourth-order valence-electron chi connectivity index (χ4n) is 2.26. The smallest absolute Gasteiger partial charge is 0.165 e. The second kappa shape index (κ2) is 5.36. The highest BCUT2D eigenvalue weighted by atomic mass is 16.5. The molecule has 5 nitrogen and oxygen atoms in total. The van der Waals surface area contributed by atoms with Crippen molar-refractivity contribution in [1.82, 2.24) is 19.7 Å². The van der Waals surface area contributed by atoms with E-state index in [-0.39, 0.29) is 0 Å². The molecule has 0 bridgehead atoms. The van der Waals surface area contributed by atoms with Crippen LogP contribution in [0.25, 0.3) is 17.2 Å². The summed E-state index contributed by atoms with van der Waals surface area (Å²) >= 11 is 0. The Bertz CT molecular complexity index is 765. The van der Waals surface area contributed by atoms with E-state index in [4.69, 9.17) is 4.74 Å². The van der Waals surface area contributed by atoms with Crippen molar-refractivity contribution < 1.29 is 4.74 Å². The van der Waals surface area contributed by atoms with Crippen LogP contribution in [0.5, 0.6) is 5.75 Å². The Hall–Kier alpha value is -2.69. The predicted octanol–water partition coefficient (Wildman–Crippen LogP) is 2.95. The van der Waals surface area contributed by atoms with Crippen molar-refractivity contribution in [2.45, 2.75) is 13.8 Å². The summed E-state index contributed by atoms with van der Waals surface area (Å²) in [7, 11) is 1.67. The molecule has 3 aromatic rings. The van der Waals surface area contributed by atoms with E-state index < -0.39 is 0 Å². The van der Waals surface area contributed by atoms with Crippen LogP contribution in [0.2, 0.25) is 0 Å². The van der Waals surface area contributed by atoms with Crippen LogP contribution in [-0.2, 0) is 0 Å². The molecule has 0 unspecified atom stereocenters. The van der Waals surface area contributed by atoms with Crippen molar-refractivity contribution in [1.29, 1.82) is 0 Å². The number of pyridine rings is 1. The predicted molar refractivity (Wildman–Crippen MR) is 80.6 cm³/mol. The van der Waals surface area contributed by atoms with E-state index in [1.54, 1.807) is 18.0 Å². The van der Waals surface area contributed by atoms with Crippen LogP contribution in [0.1, 0.15) is 11.4 Å². The lowest BCUT2D eigenvalue weighted by Crippen LogP contribution is -2.02. The Morgan fingerprint density at radius 2 is 1.95 bits per heavy atom. The summed E-state index contributed by atoms with van der Waals surface area (Å²) in [6.07, 6.45) is 1.75. The SMILES string of the molecule is COc1ccc(-c2nc(C)nn2-c2ccccn2)cc1C. The van der Waals surface area contributed by atoms with E-state index in [0.29, 0.717) is 5.82 Å². The molecule has 0 saturated heterocycles. The fraction of sp³-hybridized carbons (Fsp3) is 0.188. The van der Waals surface area contributed by atoms with E-state index in [1.807, 2.05) is 50.2 Å². The van der Waals surface area contributed by atoms with Crippen LogP contribution in [0, 0.1) is 13.8 Å². The molecule has 21 heavy (non-hydrogen) atoms. The summed E-state index contributed by atoms with van der Waals surface area (Å²) in [6, 6.07) is 11.7. The van der Waals surface area contributed by atoms with Gasteiger partial charge in [0.2, 0.25) is 0 Å². The molecule has 2 heterocycles. The third-order valence-electron chi connectivity index (χ3n) is 3.23. The maximum absolute atomic E-state index is 5.30. The average molecular weight is 280 g/mol. The van der Waals surface area contributed by atoms with Crippen molar-refractivity contribution in [3.63, 3.8) is 0 Å². The minimum absolute atomic E-state index is 0.712. The molecule has 0 N–H and O–H groups in total. The molecule has 0 amide bonds. The Morgan fingerprint density at radius 3 is 2.62 bits per heavy atom. The molecule has 0 aliphatic rings. The van der Waals surface area contributed by atoms with Gasteiger partial charge in [-0.15, -0.1) is 5.10 Å². The van der Waals surface area contributed by atoms with Crippen molar-refractivity contribution in [2.24, 2.45) is 0 Å². The van der Waals surface area contributed by atoms with E-state index in [0.717, 1.165) is 28.5 Å². The molecule has 3 rings (SSSR count). The summed E-state index contributed by atoms with van der Waals surface area (Å²) in [5.74, 6) is 3.10. The first-order valence-corrected chi connectivity index (χ1v) is 6.69. The lowest BCUT2D eigenvalue weighted by molar-refractivity contribution is 0.412. The van der Waals surface area contributed by atoms with Gasteiger partial charge in [0.05, 0.1) is 7.11 Å². The van der Waals surface area contributed by atoms with Gasteiger partial charge in [-0.1, -0.05) is 6.07 Å². The maximum atomic E-state index is 5.30. The Kier molecular flexibility index (Phi) is 3.39. The van der Waals surface area contributed by atoms with Gasteiger partial charge in [0, 0.05) is 11.8 Å². The molecule has 1 aromatic carbocycles. The van der Waals surface area contributed by atoms with Crippen molar-refractivity contribution in [3.05, 3.63) is 54.0 Å². The van der Waals surface area contributed by atoms with Gasteiger partial charge in [-0.2, -0.15) is 4.68 Å². The minimum atomic E-state index is 0.712. The van der Waals surface area contributed by atoms with E-state index in [9.17, 15) is 0 Å². The molecule has 2 aromatic heterocycles. The van der Waals surface area contributed by atoms with Gasteiger partial charge in [-0.25, -0.2) is 9.97 Å². The third kappa shape index (κ3) is 2.50. The van der Waals surface area contributed by atoms with Gasteiger partial charge in [0.1, 0.15) is 11.6 Å². The summed E-state index contributed by atoms with van der Waals surface area (Å²) in [4.78, 5) is 8.87. The Labute approximate surface area is 123 Å². The molecule has 5 heteroatoms. The number of rotatable bonds is 3. The molecule has 0 radical (unpaired) electrons. The van der Waals surface area contributed by atoms with Gasteiger partial charge in [-0.3, -0.25) is 0 Å². The van der Waals surface area contributed by atoms with Crippen LogP contribution in [0.3, 0.4) is 0 Å². The Balaban J connectivity index is 2.13. The quantitative estimate of drug-likeness (QED) is 0.740. The highest BCUT2D eigenvalue weighted by Gasteiger charge is 2.13. The van der Waals surface area contributed by atoms with Crippen molar-refractivity contribution in [2.75, 3.05) is 7.11 Å². The van der Waals surface area contributed by atoms with Gasteiger partial charge in [-0.05, 0) is 49.7 Å². The first-order valence-electron chi connectivity index (χ1n) is 6.69. The van der Waals surface area contributed by atoms with Crippen LogP contribution in [0.15, 0.2) is 42.6 Å². The molecule has 0 spiro atoms. The van der Waals surface area contributed by atoms with E-state index >= 15 is 0 Å². The van der Waals surface area contributed by atoms with Crippen LogP contribution in [0.4, 0.5) is 0 Å². The topological polar surface area (TPSA) is 52.8 Å². The van der Waals surface area contributed by atoms with Crippen molar-refractivity contribution >= 4 is 0 Å². The summed E-state index contributed by atoms with van der Waals surface area (Å²) in [5.41, 5.74) is 2.04. The number of methoxy groups -OCH3 is 1. The fourth-order valence-corrected chi connectivity index (χ4v) is 2.26. The zero-order valence-electron chi connectivity index (χ0n) is 12.2. The number of aromatic nitrogens is 4. The second-order valence-electron chi connectivity index (χ2n) is 4.77. The summed E-state index contributed by atoms with van der Waals surface area (Å²) in [6.45, 7) is 3.88. The lowest BCUT2D eigenvalue weighted by atomic mass is 10.1. The Morgan fingerprint density at radius 1 is 1.10 bits per heavy atom. The molecule has 0 fully saturated rings. The first-order chi connectivity index (χ1) is 10.2. The van der Waals surface area contributed by atoms with Gasteiger partial charge in [0.15, 0.2) is 11.6 Å². The normalized spacial score (nSPS) is 10.6. The highest BCUT2D eigenvalue weighted by molar-refractivity contribution is 5.60. The number of ether oxygens (including phenoxy) is 1. The van der Waals surface area contributed by atoms with Gasteiger partial charge < -0.3 is 4.74 Å². The van der Waals surface area contributed by atoms with E-state index in [1.165, 1.54) is 0 Å². The first kappa shape index (κ1) is 13.3. The number of benzene rings is 1. The molecule has 0 aliphatic heterocycles. The molecule has 0 aliphatic carbocycles. The van der Waals surface area contributed by atoms with Crippen molar-refractivity contribution in [3.8, 4) is 23.0 Å². The number of hydrogen-bond donors (Lipinski definition) is 0. The number of hydrogen-bond acceptors (Lipinski definition) is 4. The lowest BCUT2D eigenvalue weighted by Gasteiger charge is -2.08. The third-order valence-corrected chi connectivity index (χ3v) is 3.23. The van der Waals surface area contributed by atoms with E-state index in [2.05, 4.69) is 15.1 Å². The molecular weight excluding hydrogens is 264 g/mol. The van der Waals surface area contributed by atoms with Crippen LogP contribution >= 0.6 is 0 Å². The van der Waals surface area contributed by atoms with Gasteiger partial charge in [0.25, 0.3) is 0 Å². The largest absolute Gasteiger partial charge is 0.496 e.